The van der Waals surface area contributed by atoms with Gasteiger partial charge in [0.1, 0.15) is 0 Å². The van der Waals surface area contributed by atoms with Crippen LogP contribution in [0.2, 0.25) is 0 Å². The van der Waals surface area contributed by atoms with Crippen molar-refractivity contribution in [1.29, 1.82) is 0 Å². The molecule has 2 rings (SSSR count). The first-order valence-electron chi connectivity index (χ1n) is 7.48. The molecule has 1 fully saturated rings. The second-order valence-corrected chi connectivity index (χ2v) is 6.12. The number of hydrogen-bond donors (Lipinski definition) is 1. The van der Waals surface area contributed by atoms with Crippen LogP contribution in [0.1, 0.15) is 31.2 Å². The van der Waals surface area contributed by atoms with E-state index in [0.717, 1.165) is 35.9 Å². The molecule has 1 aliphatic rings. The lowest BCUT2D eigenvalue weighted by molar-refractivity contribution is -0.182. The number of aliphatic hydroxyl groups is 1. The summed E-state index contributed by atoms with van der Waals surface area (Å²) in [5.41, 5.74) is 1.11. The van der Waals surface area contributed by atoms with Crippen molar-refractivity contribution in [2.24, 2.45) is 0 Å². The monoisotopic (exact) mass is 358 g/mol. The van der Waals surface area contributed by atoms with Gasteiger partial charge < -0.3 is 19.3 Å². The van der Waals surface area contributed by atoms with Gasteiger partial charge in [-0.15, -0.1) is 0 Å². The van der Waals surface area contributed by atoms with Gasteiger partial charge in [0, 0.05) is 17.7 Å². The van der Waals surface area contributed by atoms with E-state index in [2.05, 4.69) is 15.9 Å². The molecule has 0 saturated carbocycles. The Labute approximate surface area is 134 Å². The molecular weight excluding hydrogens is 336 g/mol. The van der Waals surface area contributed by atoms with E-state index < -0.39 is 0 Å². The minimum absolute atomic E-state index is 0.0971. The van der Waals surface area contributed by atoms with Crippen molar-refractivity contribution in [3.05, 3.63) is 34.3 Å². The lowest BCUT2D eigenvalue weighted by Crippen LogP contribution is -2.28. The maximum Gasteiger partial charge on any atom is 0.157 e. The largest absolute Gasteiger partial charge is 0.396 e. The standard InChI is InChI=1S/C16H23BrO4/c17-14-6-4-13(5-7-14)11-20-15(8-9-18)12-21-16-3-1-2-10-19-16/h4-7,15-16,18H,1-3,8-12H2/t15-,16?/m1/s1. The molecule has 0 aliphatic carbocycles. The van der Waals surface area contributed by atoms with Crippen LogP contribution in [-0.2, 0) is 20.8 Å². The van der Waals surface area contributed by atoms with Crippen molar-refractivity contribution in [2.75, 3.05) is 19.8 Å². The summed E-state index contributed by atoms with van der Waals surface area (Å²) in [6.07, 6.45) is 3.55. The van der Waals surface area contributed by atoms with E-state index in [1.807, 2.05) is 24.3 Å². The fraction of sp³-hybridized carbons (Fsp3) is 0.625. The zero-order valence-corrected chi connectivity index (χ0v) is 13.8. The number of ether oxygens (including phenoxy) is 3. The number of benzene rings is 1. The average Bonchev–Trinajstić information content (AvgIpc) is 2.52. The van der Waals surface area contributed by atoms with Crippen LogP contribution in [0.25, 0.3) is 0 Å². The van der Waals surface area contributed by atoms with Gasteiger partial charge in [0.2, 0.25) is 0 Å². The first kappa shape index (κ1) is 16.9. The Morgan fingerprint density at radius 3 is 2.76 bits per heavy atom. The molecule has 1 N–H and O–H groups in total. The Balaban J connectivity index is 1.73. The summed E-state index contributed by atoms with van der Waals surface area (Å²) in [6.45, 7) is 1.85. The molecule has 1 heterocycles. The van der Waals surface area contributed by atoms with Crippen LogP contribution in [-0.4, -0.2) is 37.3 Å². The second kappa shape index (κ2) is 9.54. The topological polar surface area (TPSA) is 47.9 Å². The van der Waals surface area contributed by atoms with E-state index in [1.165, 1.54) is 0 Å². The molecule has 1 aromatic carbocycles. The van der Waals surface area contributed by atoms with Crippen LogP contribution in [0.4, 0.5) is 0 Å². The van der Waals surface area contributed by atoms with Gasteiger partial charge >= 0.3 is 0 Å². The second-order valence-electron chi connectivity index (χ2n) is 5.20. The Morgan fingerprint density at radius 1 is 1.29 bits per heavy atom. The third-order valence-corrected chi connectivity index (χ3v) is 3.98. The van der Waals surface area contributed by atoms with Gasteiger partial charge in [-0.1, -0.05) is 28.1 Å². The maximum atomic E-state index is 9.13. The van der Waals surface area contributed by atoms with Gasteiger partial charge in [0.15, 0.2) is 6.29 Å². The fourth-order valence-electron chi connectivity index (χ4n) is 2.21. The van der Waals surface area contributed by atoms with Crippen molar-refractivity contribution in [1.82, 2.24) is 0 Å². The fourth-order valence-corrected chi connectivity index (χ4v) is 2.48. The van der Waals surface area contributed by atoms with Gasteiger partial charge in [-0.2, -0.15) is 0 Å². The van der Waals surface area contributed by atoms with E-state index in [4.69, 9.17) is 19.3 Å². The number of hydrogen-bond acceptors (Lipinski definition) is 4. The van der Waals surface area contributed by atoms with Gasteiger partial charge in [-0.05, 0) is 43.4 Å². The van der Waals surface area contributed by atoms with Crippen LogP contribution in [0.5, 0.6) is 0 Å². The van der Waals surface area contributed by atoms with Gasteiger partial charge in [-0.25, -0.2) is 0 Å². The number of halogens is 1. The van der Waals surface area contributed by atoms with Crippen molar-refractivity contribution in [3.8, 4) is 0 Å². The number of aliphatic hydroxyl groups excluding tert-OH is 1. The SMILES string of the molecule is OCC[C@H](COC1CCCCO1)OCc1ccc(Br)cc1. The molecule has 0 radical (unpaired) electrons. The Kier molecular flexibility index (Phi) is 7.68. The first-order chi connectivity index (χ1) is 10.3. The number of rotatable bonds is 8. The van der Waals surface area contributed by atoms with Crippen LogP contribution in [0, 0.1) is 0 Å². The molecule has 0 aromatic heterocycles. The van der Waals surface area contributed by atoms with Gasteiger partial charge in [0.25, 0.3) is 0 Å². The maximum absolute atomic E-state index is 9.13. The molecular formula is C16H23BrO4. The molecule has 1 unspecified atom stereocenters. The summed E-state index contributed by atoms with van der Waals surface area (Å²) in [4.78, 5) is 0. The molecule has 1 aromatic rings. The van der Waals surface area contributed by atoms with E-state index in [1.54, 1.807) is 0 Å². The van der Waals surface area contributed by atoms with Crippen molar-refractivity contribution in [3.63, 3.8) is 0 Å². The normalized spacial score (nSPS) is 20.4. The summed E-state index contributed by atoms with van der Waals surface area (Å²) >= 11 is 3.41. The van der Waals surface area contributed by atoms with Crippen LogP contribution < -0.4 is 0 Å². The highest BCUT2D eigenvalue weighted by Crippen LogP contribution is 2.16. The summed E-state index contributed by atoms with van der Waals surface area (Å²) in [5, 5.41) is 9.13. The van der Waals surface area contributed by atoms with Crippen LogP contribution in [0.3, 0.4) is 0 Å². The van der Waals surface area contributed by atoms with Crippen molar-refractivity contribution < 1.29 is 19.3 Å². The summed E-state index contributed by atoms with van der Waals surface area (Å²) in [5.74, 6) is 0. The predicted octanol–water partition coefficient (Wildman–Crippen LogP) is 3.26. The highest BCUT2D eigenvalue weighted by molar-refractivity contribution is 9.10. The van der Waals surface area contributed by atoms with Gasteiger partial charge in [-0.3, -0.25) is 0 Å². The van der Waals surface area contributed by atoms with Crippen LogP contribution >= 0.6 is 15.9 Å². The molecule has 0 spiro atoms. The quantitative estimate of drug-likeness (QED) is 0.774. The molecule has 21 heavy (non-hydrogen) atoms. The summed E-state index contributed by atoms with van der Waals surface area (Å²) in [7, 11) is 0. The molecule has 2 atom stereocenters. The highest BCUT2D eigenvalue weighted by Gasteiger charge is 2.17. The highest BCUT2D eigenvalue weighted by atomic mass is 79.9. The molecule has 4 nitrogen and oxygen atoms in total. The van der Waals surface area contributed by atoms with E-state index in [-0.39, 0.29) is 19.0 Å². The summed E-state index contributed by atoms with van der Waals surface area (Å²) in [6, 6.07) is 8.02. The minimum atomic E-state index is -0.115. The Hall–Kier alpha value is -0.460. The Bertz CT molecular complexity index is 390. The molecule has 1 saturated heterocycles. The van der Waals surface area contributed by atoms with Crippen LogP contribution in [0.15, 0.2) is 28.7 Å². The zero-order valence-electron chi connectivity index (χ0n) is 12.2. The minimum Gasteiger partial charge on any atom is -0.396 e. The first-order valence-corrected chi connectivity index (χ1v) is 8.27. The lowest BCUT2D eigenvalue weighted by Gasteiger charge is -2.25. The predicted molar refractivity (Wildman–Crippen MR) is 84.0 cm³/mol. The van der Waals surface area contributed by atoms with E-state index in [0.29, 0.717) is 19.6 Å². The van der Waals surface area contributed by atoms with E-state index >= 15 is 0 Å². The molecule has 118 valence electrons. The lowest BCUT2D eigenvalue weighted by atomic mass is 10.2. The smallest absolute Gasteiger partial charge is 0.157 e. The van der Waals surface area contributed by atoms with Crippen molar-refractivity contribution in [2.45, 2.75) is 44.7 Å². The van der Waals surface area contributed by atoms with Crippen molar-refractivity contribution >= 4 is 15.9 Å². The Morgan fingerprint density at radius 2 is 2.10 bits per heavy atom. The molecule has 1 aliphatic heterocycles. The zero-order chi connectivity index (χ0) is 14.9. The van der Waals surface area contributed by atoms with Gasteiger partial charge in [0.05, 0.1) is 19.3 Å². The third kappa shape index (κ3) is 6.45. The third-order valence-electron chi connectivity index (χ3n) is 3.46. The average molecular weight is 359 g/mol. The molecule has 5 heteroatoms. The van der Waals surface area contributed by atoms with E-state index in [9.17, 15) is 0 Å². The molecule has 0 amide bonds. The summed E-state index contributed by atoms with van der Waals surface area (Å²) < 4.78 is 18.2. The molecule has 0 bridgehead atoms.